The van der Waals surface area contributed by atoms with Gasteiger partial charge in [0.25, 0.3) is 0 Å². The lowest BCUT2D eigenvalue weighted by Crippen LogP contribution is -2.17. The SMILES string of the molecule is C/C=C\C=C/C=Nc1ccccc1-c1ccc2c3cc(-n4c5ccccc5c5ccccc54)ccc3n(C3=CC(C)CC=C3)c2c1.C=C1/C=C(c2cccc3c2oc2ccccc23)\C=C/N(C2=CCCC=C2)c2cc3c4ccccc4n(-c4ccccc4)c3cc21.CC. The van der Waals surface area contributed by atoms with Crippen LogP contribution >= 0.6 is 0 Å². The number of aliphatic imine (C=N–C) groups is 1. The Balaban J connectivity index is 0.000000150. The molecule has 0 N–H and O–H groups in total. The van der Waals surface area contributed by atoms with E-state index in [1.165, 1.54) is 77.0 Å². The summed E-state index contributed by atoms with van der Waals surface area (Å²) < 4.78 is 13.7. The second kappa shape index (κ2) is 25.1. The summed E-state index contributed by atoms with van der Waals surface area (Å²) in [6, 6.07) is 78.3. The average Bonchev–Trinajstić information content (AvgIpc) is 1.60. The quantitative estimate of drug-likeness (QED) is 0.107. The molecular formula is C87H71N5O. The van der Waals surface area contributed by atoms with Gasteiger partial charge in [-0.2, -0.15) is 0 Å². The summed E-state index contributed by atoms with van der Waals surface area (Å²) in [5.41, 5.74) is 22.2. The molecule has 17 rings (SSSR count). The molecule has 4 aromatic heterocycles. The van der Waals surface area contributed by atoms with E-state index in [0.29, 0.717) is 5.92 Å². The molecule has 450 valence electrons. The summed E-state index contributed by atoms with van der Waals surface area (Å²) >= 11 is 0. The molecule has 14 aromatic rings. The zero-order valence-electron chi connectivity index (χ0n) is 52.9. The van der Waals surface area contributed by atoms with Crippen LogP contribution in [-0.2, 0) is 0 Å². The van der Waals surface area contributed by atoms with Gasteiger partial charge in [-0.3, -0.25) is 4.99 Å². The number of rotatable bonds is 9. The number of anilines is 1. The van der Waals surface area contributed by atoms with Gasteiger partial charge in [-0.1, -0.05) is 209 Å². The van der Waals surface area contributed by atoms with Crippen molar-refractivity contribution in [2.45, 2.75) is 47.0 Å². The molecule has 2 aliphatic carbocycles. The van der Waals surface area contributed by atoms with Crippen molar-refractivity contribution in [3.63, 3.8) is 0 Å². The Hall–Kier alpha value is -11.5. The van der Waals surface area contributed by atoms with Crippen LogP contribution in [0.5, 0.6) is 0 Å². The first-order chi connectivity index (χ1) is 46.0. The number of nitrogens with zero attached hydrogens (tertiary/aromatic N) is 5. The van der Waals surface area contributed by atoms with E-state index >= 15 is 0 Å². The Labute approximate surface area is 543 Å². The van der Waals surface area contributed by atoms with Gasteiger partial charge >= 0.3 is 0 Å². The second-order valence-electron chi connectivity index (χ2n) is 23.8. The molecule has 3 aliphatic rings. The number of hydrogen-bond donors (Lipinski definition) is 0. The molecular weight excluding hydrogens is 1130 g/mol. The standard InChI is InChI=1S/C43H35N3.C42H30N2O.C2H6/c1-3-4-5-12-26-44-39-19-9-6-16-34(39)31-22-24-37-38-29-33(45-40-20-10-7-17-35(40)36-18-8-11-21-41(36)45)23-25-42(38)46(43(37)28-31)32-15-13-14-30(2)27-32;1-28-25-29(32-19-12-20-35-34-18-9-11-22-41(34)45-42(32)35)23-24-43(30-13-4-2-5-14-30)39-27-37-33-17-8-10-21-38(33)44(40(37)26-36(28)39)31-15-6-3-7-16-31;1-2/h3-13,15-30H,14H2,1-2H3;3-4,6-27H,1-2,5H2;1-2H3/b4-3-,12-5-,44-26?;24-23-,29-25+;. The molecule has 1 aliphatic heterocycles. The van der Waals surface area contributed by atoms with E-state index in [-0.39, 0.29) is 0 Å². The Morgan fingerprint density at radius 2 is 1.12 bits per heavy atom. The smallest absolute Gasteiger partial charge is 0.143 e. The first-order valence-corrected chi connectivity index (χ1v) is 32.6. The highest BCUT2D eigenvalue weighted by atomic mass is 16.3. The lowest BCUT2D eigenvalue weighted by Gasteiger charge is -2.28. The first kappa shape index (κ1) is 57.9. The summed E-state index contributed by atoms with van der Waals surface area (Å²) in [7, 11) is 0. The number of hydrogen-bond acceptors (Lipinski definition) is 3. The van der Waals surface area contributed by atoms with Crippen LogP contribution in [0.3, 0.4) is 0 Å². The molecule has 6 nitrogen and oxygen atoms in total. The highest BCUT2D eigenvalue weighted by Gasteiger charge is 2.24. The van der Waals surface area contributed by atoms with Crippen LogP contribution in [0.25, 0.3) is 127 Å². The van der Waals surface area contributed by atoms with Crippen molar-refractivity contribution in [1.82, 2.24) is 13.7 Å². The third-order valence-electron chi connectivity index (χ3n) is 18.1. The van der Waals surface area contributed by atoms with Gasteiger partial charge in [0.15, 0.2) is 0 Å². The molecule has 1 unspecified atom stereocenters. The fourth-order valence-electron chi connectivity index (χ4n) is 14.0. The van der Waals surface area contributed by atoms with Crippen LogP contribution in [0.1, 0.15) is 58.1 Å². The van der Waals surface area contributed by atoms with Crippen molar-refractivity contribution >= 4 is 122 Å². The monoisotopic (exact) mass is 1200 g/mol. The molecule has 0 saturated carbocycles. The maximum absolute atomic E-state index is 6.47. The third-order valence-corrected chi connectivity index (χ3v) is 18.1. The topological polar surface area (TPSA) is 43.5 Å². The van der Waals surface area contributed by atoms with Gasteiger partial charge in [0.05, 0.1) is 44.5 Å². The van der Waals surface area contributed by atoms with E-state index in [2.05, 4.69) is 293 Å². The van der Waals surface area contributed by atoms with Crippen molar-refractivity contribution in [3.05, 3.63) is 321 Å². The average molecular weight is 1200 g/mol. The molecule has 0 amide bonds. The number of allylic oxidation sites excluding steroid dienone is 15. The fraction of sp³-hybridized carbons (Fsp3) is 0.0920. The Morgan fingerprint density at radius 3 is 1.87 bits per heavy atom. The van der Waals surface area contributed by atoms with E-state index in [1.807, 2.05) is 63.4 Å². The van der Waals surface area contributed by atoms with E-state index in [9.17, 15) is 0 Å². The van der Waals surface area contributed by atoms with Crippen molar-refractivity contribution in [1.29, 1.82) is 0 Å². The zero-order valence-corrected chi connectivity index (χ0v) is 52.9. The van der Waals surface area contributed by atoms with Crippen LogP contribution in [0.4, 0.5) is 11.4 Å². The van der Waals surface area contributed by atoms with Crippen LogP contribution in [-0.4, -0.2) is 19.9 Å². The van der Waals surface area contributed by atoms with Gasteiger partial charge in [-0.05, 0) is 158 Å². The van der Waals surface area contributed by atoms with Gasteiger partial charge in [-0.15, -0.1) is 0 Å². The molecule has 0 radical (unpaired) electrons. The summed E-state index contributed by atoms with van der Waals surface area (Å²) in [6.07, 6.45) is 33.4. The largest absolute Gasteiger partial charge is 0.455 e. The molecule has 93 heavy (non-hydrogen) atoms. The van der Waals surface area contributed by atoms with Crippen LogP contribution < -0.4 is 4.90 Å². The number of aromatic nitrogens is 3. The number of furan rings is 1. The number of para-hydroxylation sites is 7. The van der Waals surface area contributed by atoms with Crippen molar-refractivity contribution < 1.29 is 4.42 Å². The molecule has 6 heteroatoms. The lowest BCUT2D eigenvalue weighted by atomic mass is 9.94. The maximum Gasteiger partial charge on any atom is 0.143 e. The molecule has 10 aromatic carbocycles. The van der Waals surface area contributed by atoms with Gasteiger partial charge in [-0.25, -0.2) is 0 Å². The summed E-state index contributed by atoms with van der Waals surface area (Å²) in [4.78, 5) is 7.14. The molecule has 1 atom stereocenters. The lowest BCUT2D eigenvalue weighted by molar-refractivity contribution is 0.668. The van der Waals surface area contributed by atoms with Crippen molar-refractivity contribution in [3.8, 4) is 22.5 Å². The molecule has 0 saturated heterocycles. The molecule has 5 heterocycles. The van der Waals surface area contributed by atoms with Crippen LogP contribution in [0.15, 0.2) is 319 Å². The Morgan fingerprint density at radius 1 is 0.484 bits per heavy atom. The normalized spacial score (nSPS) is 15.9. The van der Waals surface area contributed by atoms with Gasteiger partial charge < -0.3 is 23.0 Å². The van der Waals surface area contributed by atoms with Crippen LogP contribution in [0.2, 0.25) is 0 Å². The summed E-state index contributed by atoms with van der Waals surface area (Å²) in [5, 5.41) is 9.73. The minimum Gasteiger partial charge on any atom is -0.455 e. The second-order valence-corrected chi connectivity index (χ2v) is 23.8. The van der Waals surface area contributed by atoms with Gasteiger partial charge in [0.2, 0.25) is 0 Å². The van der Waals surface area contributed by atoms with Gasteiger partial charge in [0, 0.05) is 95.0 Å². The molecule has 0 spiro atoms. The van der Waals surface area contributed by atoms with Gasteiger partial charge in [0.1, 0.15) is 11.2 Å². The van der Waals surface area contributed by atoms with E-state index in [1.54, 1.807) is 0 Å². The van der Waals surface area contributed by atoms with Crippen LogP contribution in [0, 0.1) is 5.92 Å². The first-order valence-electron chi connectivity index (χ1n) is 32.6. The summed E-state index contributed by atoms with van der Waals surface area (Å²) in [5.74, 6) is 0.484. The minimum atomic E-state index is 0.484. The predicted molar refractivity (Wildman–Crippen MR) is 399 cm³/mol. The van der Waals surface area contributed by atoms with E-state index < -0.39 is 0 Å². The number of benzene rings is 10. The molecule has 0 bridgehead atoms. The Bertz CT molecular complexity index is 5510. The zero-order chi connectivity index (χ0) is 62.9. The summed E-state index contributed by atoms with van der Waals surface area (Å²) in [6.45, 7) is 13.0. The molecule has 0 fully saturated rings. The highest BCUT2D eigenvalue weighted by molar-refractivity contribution is 6.16. The third kappa shape index (κ3) is 10.5. The fourth-order valence-corrected chi connectivity index (χ4v) is 14.0. The predicted octanol–water partition coefficient (Wildman–Crippen LogP) is 24.2. The van der Waals surface area contributed by atoms with Crippen molar-refractivity contribution in [2.24, 2.45) is 10.9 Å². The maximum atomic E-state index is 6.47. The van der Waals surface area contributed by atoms with Crippen molar-refractivity contribution in [2.75, 3.05) is 4.90 Å². The van der Waals surface area contributed by atoms with E-state index in [0.717, 1.165) is 97.2 Å². The number of fused-ring (bicyclic) bond motifs is 13. The highest BCUT2D eigenvalue weighted by Crippen LogP contribution is 2.45. The minimum absolute atomic E-state index is 0.484. The Kier molecular flexibility index (Phi) is 15.6. The van der Waals surface area contributed by atoms with E-state index in [4.69, 9.17) is 9.41 Å².